The van der Waals surface area contributed by atoms with E-state index in [0.29, 0.717) is 25.8 Å². The van der Waals surface area contributed by atoms with Crippen LogP contribution in [0.25, 0.3) is 0 Å². The molecule has 1 aliphatic heterocycles. The summed E-state index contributed by atoms with van der Waals surface area (Å²) in [6.45, 7) is 15.9. The Hall–Kier alpha value is -3.55. The van der Waals surface area contributed by atoms with Crippen molar-refractivity contribution in [2.45, 2.75) is 136 Å². The van der Waals surface area contributed by atoms with Gasteiger partial charge in [-0.15, -0.1) is 0 Å². The summed E-state index contributed by atoms with van der Waals surface area (Å²) >= 11 is 0. The Morgan fingerprint density at radius 1 is 0.875 bits per heavy atom. The van der Waals surface area contributed by atoms with Crippen LogP contribution in [0.15, 0.2) is 30.3 Å². The van der Waals surface area contributed by atoms with Gasteiger partial charge in [0.25, 0.3) is 0 Å². The highest BCUT2D eigenvalue weighted by Crippen LogP contribution is 2.30. The summed E-state index contributed by atoms with van der Waals surface area (Å²) in [7, 11) is 7.95. The average molecular weight is 788 g/mol. The number of carbonyl (C=O) groups is 5. The first-order chi connectivity index (χ1) is 26.5. The second kappa shape index (κ2) is 23.6. The zero-order valence-corrected chi connectivity index (χ0v) is 36.4. The number of hydrogen-bond acceptors (Lipinski definition) is 9. The summed E-state index contributed by atoms with van der Waals surface area (Å²) in [5, 5.41) is 9.23. The number of ether oxygens (including phenoxy) is 3. The highest BCUT2D eigenvalue weighted by atomic mass is 16.5. The lowest BCUT2D eigenvalue weighted by Crippen LogP contribution is -2.59. The molecule has 0 radical (unpaired) electrons. The van der Waals surface area contributed by atoms with E-state index in [1.807, 2.05) is 78.8 Å². The van der Waals surface area contributed by atoms with Gasteiger partial charge in [0.15, 0.2) is 0 Å². The van der Waals surface area contributed by atoms with E-state index in [9.17, 15) is 24.0 Å². The Kier molecular flexibility index (Phi) is 20.5. The number of benzene rings is 1. The second-order valence-corrected chi connectivity index (χ2v) is 16.4. The second-order valence-electron chi connectivity index (χ2n) is 16.4. The zero-order chi connectivity index (χ0) is 42.3. The predicted molar refractivity (Wildman–Crippen MR) is 218 cm³/mol. The van der Waals surface area contributed by atoms with Gasteiger partial charge >= 0.3 is 5.97 Å². The van der Waals surface area contributed by atoms with E-state index < -0.39 is 42.2 Å². The molecule has 1 heterocycles. The maximum absolute atomic E-state index is 14.3. The number of esters is 1. The van der Waals surface area contributed by atoms with E-state index >= 15 is 0 Å². The summed E-state index contributed by atoms with van der Waals surface area (Å²) in [6.07, 6.45) is 1.90. The third-order valence-electron chi connectivity index (χ3n) is 11.7. The number of hydrogen-bond donors (Lipinski definition) is 3. The highest BCUT2D eigenvalue weighted by Gasteiger charge is 2.43. The van der Waals surface area contributed by atoms with Gasteiger partial charge in [-0.25, -0.2) is 0 Å². The molecular formula is C43H73N5O8. The number of nitrogens with zero attached hydrogens (tertiary/aromatic N) is 2. The Labute approximate surface area is 336 Å². The Morgan fingerprint density at radius 2 is 1.50 bits per heavy atom. The molecule has 1 unspecified atom stereocenters. The van der Waals surface area contributed by atoms with Gasteiger partial charge in [0.05, 0.1) is 55.7 Å². The van der Waals surface area contributed by atoms with Gasteiger partial charge in [0.1, 0.15) is 6.04 Å². The average Bonchev–Trinajstić information content (AvgIpc) is 3.66. The molecule has 56 heavy (non-hydrogen) atoms. The van der Waals surface area contributed by atoms with Crippen LogP contribution in [0.3, 0.4) is 0 Å². The highest BCUT2D eigenvalue weighted by molar-refractivity contribution is 5.90. The van der Waals surface area contributed by atoms with Gasteiger partial charge in [0, 0.05) is 33.9 Å². The number of likely N-dealkylation sites (N-methyl/N-ethyl adjacent to an activating group) is 2. The van der Waals surface area contributed by atoms with Crippen LogP contribution in [0.1, 0.15) is 93.1 Å². The minimum absolute atomic E-state index is 0.0229. The van der Waals surface area contributed by atoms with Gasteiger partial charge < -0.3 is 40.0 Å². The van der Waals surface area contributed by atoms with E-state index in [4.69, 9.17) is 14.2 Å². The number of amides is 4. The summed E-state index contributed by atoms with van der Waals surface area (Å²) in [4.78, 5) is 71.4. The molecule has 0 spiro atoms. The van der Waals surface area contributed by atoms with Gasteiger partial charge in [-0.1, -0.05) is 92.1 Å². The normalized spacial score (nSPS) is 19.3. The monoisotopic (exact) mass is 788 g/mol. The number of methoxy groups -OCH3 is 3. The van der Waals surface area contributed by atoms with Crippen molar-refractivity contribution in [1.29, 1.82) is 0 Å². The molecule has 318 valence electrons. The molecule has 1 saturated heterocycles. The fourth-order valence-corrected chi connectivity index (χ4v) is 8.20. The molecule has 13 heteroatoms. The van der Waals surface area contributed by atoms with Crippen LogP contribution in [0.2, 0.25) is 0 Å². The van der Waals surface area contributed by atoms with Crippen LogP contribution in [0, 0.1) is 29.6 Å². The number of rotatable bonds is 23. The summed E-state index contributed by atoms with van der Waals surface area (Å²) < 4.78 is 17.0. The topological polar surface area (TPSA) is 156 Å². The maximum atomic E-state index is 14.3. The molecule has 1 aliphatic rings. The van der Waals surface area contributed by atoms with Crippen LogP contribution >= 0.6 is 0 Å². The van der Waals surface area contributed by atoms with Gasteiger partial charge in [-0.3, -0.25) is 24.0 Å². The van der Waals surface area contributed by atoms with Crippen LogP contribution in [0.5, 0.6) is 0 Å². The van der Waals surface area contributed by atoms with Gasteiger partial charge in [0.2, 0.25) is 23.6 Å². The fraction of sp³-hybridized carbons (Fsp3) is 0.744. The van der Waals surface area contributed by atoms with Crippen molar-refractivity contribution in [3.8, 4) is 0 Å². The lowest BCUT2D eigenvalue weighted by atomic mass is 9.89. The molecule has 3 N–H and O–H groups in total. The lowest BCUT2D eigenvalue weighted by molar-refractivity contribution is -0.148. The molecule has 0 bridgehead atoms. The van der Waals surface area contributed by atoms with Crippen molar-refractivity contribution >= 4 is 29.6 Å². The van der Waals surface area contributed by atoms with Crippen molar-refractivity contribution in [2.75, 3.05) is 42.0 Å². The number of carbonyl (C=O) groups excluding carboxylic acids is 5. The molecule has 1 aromatic rings. The van der Waals surface area contributed by atoms with E-state index in [2.05, 4.69) is 16.0 Å². The number of likely N-dealkylation sites (tertiary alicyclic amines) is 1. The van der Waals surface area contributed by atoms with Crippen molar-refractivity contribution in [3.05, 3.63) is 35.9 Å². The van der Waals surface area contributed by atoms with Crippen LogP contribution < -0.4 is 16.0 Å². The predicted octanol–water partition coefficient (Wildman–Crippen LogP) is 4.22. The zero-order valence-electron chi connectivity index (χ0n) is 36.4. The first-order valence-electron chi connectivity index (χ1n) is 20.5. The molecule has 0 aromatic heterocycles. The van der Waals surface area contributed by atoms with Crippen molar-refractivity contribution in [3.63, 3.8) is 0 Å². The smallest absolute Gasteiger partial charge is 0.308 e. The molecule has 4 amide bonds. The molecule has 1 aromatic carbocycles. The molecule has 0 saturated carbocycles. The summed E-state index contributed by atoms with van der Waals surface area (Å²) in [5.41, 5.74) is 1.03. The van der Waals surface area contributed by atoms with Crippen LogP contribution in [0.4, 0.5) is 0 Å². The molecule has 1 fully saturated rings. The SMILES string of the molecule is CC[C@H](C)[C@@H]([C@@H](CC(=O)N1CCC[C@H]1[C@H](OC)[C@@H](C)C(=O)N[C@@H](Cc1ccccc1)CC(C)C(=O)OC)OC)N(C)C(=O)[C@@H](NC(=O)[C@@H](NC)C(C)C)C(C)C. The maximum Gasteiger partial charge on any atom is 0.308 e. The molecule has 0 aliphatic carbocycles. The van der Waals surface area contributed by atoms with Crippen molar-refractivity contribution in [1.82, 2.24) is 25.8 Å². The first kappa shape index (κ1) is 48.6. The third-order valence-corrected chi connectivity index (χ3v) is 11.7. The van der Waals surface area contributed by atoms with Gasteiger partial charge in [-0.05, 0) is 56.0 Å². The summed E-state index contributed by atoms with van der Waals surface area (Å²) in [6, 6.07) is 7.45. The molecule has 13 nitrogen and oxygen atoms in total. The lowest BCUT2D eigenvalue weighted by Gasteiger charge is -2.41. The minimum Gasteiger partial charge on any atom is -0.469 e. The van der Waals surface area contributed by atoms with E-state index in [1.165, 1.54) is 7.11 Å². The molecule has 2 rings (SSSR count). The van der Waals surface area contributed by atoms with E-state index in [0.717, 1.165) is 18.4 Å². The van der Waals surface area contributed by atoms with E-state index in [1.54, 1.807) is 45.0 Å². The van der Waals surface area contributed by atoms with Crippen molar-refractivity contribution < 1.29 is 38.2 Å². The third kappa shape index (κ3) is 13.3. The van der Waals surface area contributed by atoms with Gasteiger partial charge in [-0.2, -0.15) is 0 Å². The standard InChI is InChI=1S/C43H73N5O8/c1-14-28(6)38(47(10)42(52)37(27(4)5)46-41(51)36(44-9)26(2)3)34(54-11)25-35(49)48-22-18-21-33(48)39(55-12)30(8)40(50)45-32(23-29(7)43(53)56-13)24-31-19-16-15-17-20-31/h15-17,19-20,26-30,32-34,36-39,44H,14,18,21-25H2,1-13H3,(H,45,50)(H,46,51)/t28-,29?,30+,32+,33-,34+,36-,37-,38-,39+/m0/s1. The fourth-order valence-electron chi connectivity index (χ4n) is 8.20. The molecule has 10 atom stereocenters. The Morgan fingerprint density at radius 3 is 2.02 bits per heavy atom. The quantitative estimate of drug-likeness (QED) is 0.138. The Balaban J connectivity index is 2.29. The number of nitrogens with one attached hydrogen (secondary N) is 3. The first-order valence-corrected chi connectivity index (χ1v) is 20.5. The largest absolute Gasteiger partial charge is 0.469 e. The molecular weight excluding hydrogens is 714 g/mol. The van der Waals surface area contributed by atoms with E-state index in [-0.39, 0.29) is 65.9 Å². The summed E-state index contributed by atoms with van der Waals surface area (Å²) in [5.74, 6) is -2.38. The Bertz CT molecular complexity index is 1390. The van der Waals surface area contributed by atoms with Crippen molar-refractivity contribution in [2.24, 2.45) is 29.6 Å². The van der Waals surface area contributed by atoms with Crippen LogP contribution in [-0.4, -0.2) is 124 Å². The van der Waals surface area contributed by atoms with Crippen LogP contribution in [-0.2, 0) is 44.6 Å². The minimum atomic E-state index is -0.768.